The number of methoxy groups -OCH3 is 3. The van der Waals surface area contributed by atoms with Gasteiger partial charge in [0, 0.05) is 17.8 Å². The van der Waals surface area contributed by atoms with Crippen LogP contribution in [0.5, 0.6) is 23.0 Å². The van der Waals surface area contributed by atoms with Crippen molar-refractivity contribution in [1.29, 1.82) is 0 Å². The van der Waals surface area contributed by atoms with Crippen molar-refractivity contribution >= 4 is 10.8 Å². The maximum atomic E-state index is 10.1. The largest absolute Gasteiger partial charge is 0.504 e. The number of rotatable bonds is 5. The van der Waals surface area contributed by atoms with Crippen LogP contribution < -0.4 is 14.2 Å². The van der Waals surface area contributed by atoms with Gasteiger partial charge in [0.2, 0.25) is 0 Å². The van der Waals surface area contributed by atoms with E-state index in [4.69, 9.17) is 14.2 Å². The second kappa shape index (κ2) is 6.66. The molecule has 0 unspecified atom stereocenters. The van der Waals surface area contributed by atoms with Gasteiger partial charge in [0.05, 0.1) is 21.3 Å². The zero-order chi connectivity index (χ0) is 17.1. The van der Waals surface area contributed by atoms with Crippen LogP contribution in [0, 0.1) is 0 Å². The monoisotopic (exact) mass is 325 g/mol. The Hall–Kier alpha value is -2.95. The zero-order valence-corrected chi connectivity index (χ0v) is 13.9. The average molecular weight is 325 g/mol. The van der Waals surface area contributed by atoms with Gasteiger partial charge in [-0.1, -0.05) is 6.07 Å². The van der Waals surface area contributed by atoms with E-state index in [0.29, 0.717) is 23.7 Å². The Morgan fingerprint density at radius 2 is 1.62 bits per heavy atom. The van der Waals surface area contributed by atoms with Crippen molar-refractivity contribution in [2.24, 2.45) is 0 Å². The lowest BCUT2D eigenvalue weighted by Crippen LogP contribution is -1.95. The number of phenols is 1. The normalized spacial score (nSPS) is 10.6. The highest BCUT2D eigenvalue weighted by Crippen LogP contribution is 2.34. The Bertz CT molecular complexity index is 877. The molecule has 3 rings (SSSR count). The van der Waals surface area contributed by atoms with Gasteiger partial charge in [0.1, 0.15) is 0 Å². The molecule has 0 fully saturated rings. The van der Waals surface area contributed by atoms with Crippen LogP contribution in [0.25, 0.3) is 10.8 Å². The van der Waals surface area contributed by atoms with E-state index in [0.717, 1.165) is 21.9 Å². The van der Waals surface area contributed by atoms with Gasteiger partial charge in [0.25, 0.3) is 0 Å². The molecule has 5 heteroatoms. The third kappa shape index (κ3) is 2.93. The minimum Gasteiger partial charge on any atom is -0.504 e. The second-order valence-electron chi connectivity index (χ2n) is 5.41. The summed E-state index contributed by atoms with van der Waals surface area (Å²) in [4.78, 5) is 4.30. The van der Waals surface area contributed by atoms with E-state index in [-0.39, 0.29) is 5.75 Å². The Morgan fingerprint density at radius 1 is 0.875 bits per heavy atom. The molecule has 0 bridgehead atoms. The molecule has 1 heterocycles. The van der Waals surface area contributed by atoms with Crippen LogP contribution in [0.15, 0.2) is 42.7 Å². The molecule has 0 amide bonds. The molecule has 124 valence electrons. The predicted molar refractivity (Wildman–Crippen MR) is 92.3 cm³/mol. The third-order valence-electron chi connectivity index (χ3n) is 3.98. The van der Waals surface area contributed by atoms with E-state index in [1.54, 1.807) is 32.5 Å². The Kier molecular flexibility index (Phi) is 4.42. The van der Waals surface area contributed by atoms with Crippen molar-refractivity contribution in [3.8, 4) is 23.0 Å². The number of aromatic nitrogens is 1. The van der Waals surface area contributed by atoms with Gasteiger partial charge in [-0.25, -0.2) is 0 Å². The van der Waals surface area contributed by atoms with Gasteiger partial charge in [0.15, 0.2) is 23.0 Å². The summed E-state index contributed by atoms with van der Waals surface area (Å²) in [6, 6.07) is 9.32. The fourth-order valence-corrected chi connectivity index (χ4v) is 2.76. The molecule has 0 radical (unpaired) electrons. The first-order valence-electron chi connectivity index (χ1n) is 7.50. The van der Waals surface area contributed by atoms with Crippen LogP contribution in [0.4, 0.5) is 0 Å². The molecule has 0 atom stereocenters. The lowest BCUT2D eigenvalue weighted by molar-refractivity contribution is 0.354. The summed E-state index contributed by atoms with van der Waals surface area (Å²) in [5.41, 5.74) is 2.08. The average Bonchev–Trinajstić information content (AvgIpc) is 2.61. The Balaban J connectivity index is 2.02. The molecule has 1 aromatic heterocycles. The van der Waals surface area contributed by atoms with E-state index in [9.17, 15) is 5.11 Å². The number of ether oxygens (including phenoxy) is 3. The van der Waals surface area contributed by atoms with Gasteiger partial charge in [-0.3, -0.25) is 4.98 Å². The van der Waals surface area contributed by atoms with Crippen molar-refractivity contribution in [3.05, 3.63) is 53.9 Å². The molecule has 24 heavy (non-hydrogen) atoms. The topological polar surface area (TPSA) is 60.8 Å². The number of aromatic hydroxyl groups is 1. The van der Waals surface area contributed by atoms with E-state index >= 15 is 0 Å². The number of pyridine rings is 1. The SMILES string of the molecule is COc1cc2cncc(Cc3ccc(OC)c(OC)c3)c2cc1O. The standard InChI is InChI=1S/C19H19NO4/c1-22-17-5-4-12(7-19(17)24-3)6-13-10-20-11-14-8-18(23-2)16(21)9-15(13)14/h4-5,7-11,21H,6H2,1-3H3. The fraction of sp³-hybridized carbons (Fsp3) is 0.211. The van der Waals surface area contributed by atoms with Crippen LogP contribution in [-0.2, 0) is 6.42 Å². The molecule has 2 aromatic carbocycles. The highest BCUT2D eigenvalue weighted by Gasteiger charge is 2.10. The van der Waals surface area contributed by atoms with Crippen molar-refractivity contribution in [2.75, 3.05) is 21.3 Å². The number of nitrogens with zero attached hydrogens (tertiary/aromatic N) is 1. The lowest BCUT2D eigenvalue weighted by atomic mass is 10.00. The molecule has 0 aliphatic carbocycles. The summed E-state index contributed by atoms with van der Waals surface area (Å²) in [7, 11) is 4.76. The predicted octanol–water partition coefficient (Wildman–Crippen LogP) is 3.56. The van der Waals surface area contributed by atoms with Crippen LogP contribution >= 0.6 is 0 Å². The number of benzene rings is 2. The number of phenolic OH excluding ortho intramolecular Hbond substituents is 1. The molecule has 0 saturated heterocycles. The van der Waals surface area contributed by atoms with Gasteiger partial charge < -0.3 is 19.3 Å². The van der Waals surface area contributed by atoms with E-state index in [2.05, 4.69) is 4.98 Å². The van der Waals surface area contributed by atoms with Gasteiger partial charge >= 0.3 is 0 Å². The molecule has 3 aromatic rings. The zero-order valence-electron chi connectivity index (χ0n) is 13.9. The first-order valence-corrected chi connectivity index (χ1v) is 7.50. The molecular weight excluding hydrogens is 306 g/mol. The van der Waals surface area contributed by atoms with Crippen molar-refractivity contribution < 1.29 is 19.3 Å². The molecule has 0 aliphatic heterocycles. The fourth-order valence-electron chi connectivity index (χ4n) is 2.76. The van der Waals surface area contributed by atoms with Gasteiger partial charge in [-0.15, -0.1) is 0 Å². The second-order valence-corrected chi connectivity index (χ2v) is 5.41. The van der Waals surface area contributed by atoms with Crippen molar-refractivity contribution in [1.82, 2.24) is 4.98 Å². The van der Waals surface area contributed by atoms with Gasteiger partial charge in [-0.2, -0.15) is 0 Å². The number of hydrogen-bond donors (Lipinski definition) is 1. The molecule has 0 spiro atoms. The van der Waals surface area contributed by atoms with Crippen LogP contribution in [0.3, 0.4) is 0 Å². The van der Waals surface area contributed by atoms with Gasteiger partial charge in [-0.05, 0) is 47.2 Å². The summed E-state index contributed by atoms with van der Waals surface area (Å²) in [5.74, 6) is 1.93. The summed E-state index contributed by atoms with van der Waals surface area (Å²) < 4.78 is 15.8. The highest BCUT2D eigenvalue weighted by atomic mass is 16.5. The Morgan fingerprint density at radius 3 is 2.33 bits per heavy atom. The number of fused-ring (bicyclic) bond motifs is 1. The molecule has 0 saturated carbocycles. The summed E-state index contributed by atoms with van der Waals surface area (Å²) in [6.45, 7) is 0. The smallest absolute Gasteiger partial charge is 0.161 e. The molecule has 1 N–H and O–H groups in total. The van der Waals surface area contributed by atoms with Crippen LogP contribution in [0.2, 0.25) is 0 Å². The first-order chi connectivity index (χ1) is 11.7. The maximum Gasteiger partial charge on any atom is 0.161 e. The van der Waals surface area contributed by atoms with E-state index in [1.807, 2.05) is 24.4 Å². The summed E-state index contributed by atoms with van der Waals surface area (Å²) in [5, 5.41) is 11.9. The molecule has 0 aliphatic rings. The molecular formula is C19H19NO4. The highest BCUT2D eigenvalue weighted by molar-refractivity contribution is 5.88. The summed E-state index contributed by atoms with van der Waals surface area (Å²) >= 11 is 0. The summed E-state index contributed by atoms with van der Waals surface area (Å²) in [6.07, 6.45) is 4.23. The quantitative estimate of drug-likeness (QED) is 0.777. The van der Waals surface area contributed by atoms with E-state index in [1.165, 1.54) is 7.11 Å². The minimum absolute atomic E-state index is 0.116. The van der Waals surface area contributed by atoms with Crippen molar-refractivity contribution in [2.45, 2.75) is 6.42 Å². The van der Waals surface area contributed by atoms with Crippen LogP contribution in [0.1, 0.15) is 11.1 Å². The third-order valence-corrected chi connectivity index (χ3v) is 3.98. The van der Waals surface area contributed by atoms with Crippen LogP contribution in [-0.4, -0.2) is 31.4 Å². The Labute approximate surface area is 140 Å². The number of hydrogen-bond acceptors (Lipinski definition) is 5. The lowest BCUT2D eigenvalue weighted by Gasteiger charge is -2.12. The maximum absolute atomic E-state index is 10.1. The van der Waals surface area contributed by atoms with Crippen molar-refractivity contribution in [3.63, 3.8) is 0 Å². The first kappa shape index (κ1) is 15.9. The van der Waals surface area contributed by atoms with E-state index < -0.39 is 0 Å². The molecule has 5 nitrogen and oxygen atoms in total. The minimum atomic E-state index is 0.116.